The van der Waals surface area contributed by atoms with Gasteiger partial charge in [0.25, 0.3) is 5.91 Å². The lowest BCUT2D eigenvalue weighted by Gasteiger charge is -2.37. The summed E-state index contributed by atoms with van der Waals surface area (Å²) < 4.78 is 19.0. The van der Waals surface area contributed by atoms with Crippen molar-refractivity contribution in [1.29, 1.82) is 0 Å². The predicted molar refractivity (Wildman–Crippen MR) is 96.2 cm³/mol. The van der Waals surface area contributed by atoms with Crippen LogP contribution in [-0.4, -0.2) is 61.1 Å². The highest BCUT2D eigenvalue weighted by molar-refractivity contribution is 5.94. The van der Waals surface area contributed by atoms with Crippen LogP contribution >= 0.6 is 0 Å². The molecule has 3 rings (SSSR count). The maximum absolute atomic E-state index is 13.5. The number of likely N-dealkylation sites (tertiary alicyclic amines) is 2. The lowest BCUT2D eigenvalue weighted by atomic mass is 10.0. The van der Waals surface area contributed by atoms with E-state index in [1.54, 1.807) is 19.2 Å². The van der Waals surface area contributed by atoms with Gasteiger partial charge in [0.05, 0.1) is 6.10 Å². The van der Waals surface area contributed by atoms with Crippen molar-refractivity contribution in [3.05, 3.63) is 35.6 Å². The van der Waals surface area contributed by atoms with Gasteiger partial charge in [-0.05, 0) is 43.9 Å². The first kappa shape index (κ1) is 18.3. The van der Waals surface area contributed by atoms with E-state index in [4.69, 9.17) is 4.74 Å². The van der Waals surface area contributed by atoms with Gasteiger partial charge in [-0.1, -0.05) is 18.9 Å². The summed E-state index contributed by atoms with van der Waals surface area (Å²) in [6.07, 6.45) is 6.87. The molecular formula is C20H29FN2O2. The highest BCUT2D eigenvalue weighted by atomic mass is 19.1. The first-order valence-electron chi connectivity index (χ1n) is 9.49. The minimum absolute atomic E-state index is 0.0295. The van der Waals surface area contributed by atoms with Gasteiger partial charge < -0.3 is 14.5 Å². The number of benzene rings is 1. The summed E-state index contributed by atoms with van der Waals surface area (Å²) in [6.45, 7) is 3.74. The highest BCUT2D eigenvalue weighted by Crippen LogP contribution is 2.22. The van der Waals surface area contributed by atoms with Gasteiger partial charge in [0.15, 0.2) is 0 Å². The lowest BCUT2D eigenvalue weighted by molar-refractivity contribution is 0.0291. The Bertz CT molecular complexity index is 573. The van der Waals surface area contributed by atoms with Gasteiger partial charge in [-0.2, -0.15) is 0 Å². The Kier molecular flexibility index (Phi) is 6.43. The second kappa shape index (κ2) is 8.77. The van der Waals surface area contributed by atoms with E-state index >= 15 is 0 Å². The van der Waals surface area contributed by atoms with Gasteiger partial charge in [0.1, 0.15) is 5.82 Å². The Morgan fingerprint density at radius 3 is 2.68 bits per heavy atom. The van der Waals surface area contributed by atoms with E-state index in [9.17, 15) is 9.18 Å². The average Bonchev–Trinajstić information content (AvgIpc) is 2.87. The minimum Gasteiger partial charge on any atom is -0.381 e. The molecule has 4 nitrogen and oxygen atoms in total. The quantitative estimate of drug-likeness (QED) is 0.837. The van der Waals surface area contributed by atoms with E-state index in [1.165, 1.54) is 12.1 Å². The van der Waals surface area contributed by atoms with Crippen molar-refractivity contribution in [2.45, 2.75) is 50.7 Å². The van der Waals surface area contributed by atoms with Crippen molar-refractivity contribution < 1.29 is 13.9 Å². The van der Waals surface area contributed by atoms with Crippen LogP contribution in [0.25, 0.3) is 0 Å². The topological polar surface area (TPSA) is 32.8 Å². The number of halogens is 1. The molecule has 0 bridgehead atoms. The molecule has 1 amide bonds. The van der Waals surface area contributed by atoms with E-state index in [1.807, 2.05) is 4.90 Å². The Hall–Kier alpha value is -1.46. The van der Waals surface area contributed by atoms with Gasteiger partial charge >= 0.3 is 0 Å². The van der Waals surface area contributed by atoms with Gasteiger partial charge in [0, 0.05) is 44.9 Å². The normalized spacial score (nSPS) is 23.4. The maximum atomic E-state index is 13.5. The fourth-order valence-electron chi connectivity index (χ4n) is 4.05. The van der Waals surface area contributed by atoms with E-state index in [0.29, 0.717) is 11.7 Å². The molecule has 1 unspecified atom stereocenters. The number of carbonyl (C=O) groups is 1. The van der Waals surface area contributed by atoms with Gasteiger partial charge in [-0.15, -0.1) is 0 Å². The van der Waals surface area contributed by atoms with Crippen LogP contribution in [0.1, 0.15) is 48.9 Å². The Morgan fingerprint density at radius 1 is 1.16 bits per heavy atom. The molecular weight excluding hydrogens is 319 g/mol. The third kappa shape index (κ3) is 4.79. The fourth-order valence-corrected chi connectivity index (χ4v) is 4.05. The summed E-state index contributed by atoms with van der Waals surface area (Å²) in [4.78, 5) is 17.4. The molecule has 2 heterocycles. The van der Waals surface area contributed by atoms with Crippen LogP contribution in [0.2, 0.25) is 0 Å². The van der Waals surface area contributed by atoms with Gasteiger partial charge in [-0.25, -0.2) is 4.39 Å². The van der Waals surface area contributed by atoms with E-state index in [2.05, 4.69) is 4.90 Å². The van der Waals surface area contributed by atoms with Crippen LogP contribution in [0.5, 0.6) is 0 Å². The molecule has 0 N–H and O–H groups in total. The third-order valence-electron chi connectivity index (χ3n) is 5.55. The highest BCUT2D eigenvalue weighted by Gasteiger charge is 2.29. The molecule has 2 saturated heterocycles. The number of piperidine rings is 1. The van der Waals surface area contributed by atoms with Crippen LogP contribution in [0.15, 0.2) is 24.3 Å². The molecule has 138 valence electrons. The van der Waals surface area contributed by atoms with Crippen molar-refractivity contribution in [3.63, 3.8) is 0 Å². The van der Waals surface area contributed by atoms with E-state index in [-0.39, 0.29) is 17.8 Å². The number of carbonyl (C=O) groups excluding carboxylic acids is 1. The molecule has 1 aromatic rings. The maximum Gasteiger partial charge on any atom is 0.254 e. The van der Waals surface area contributed by atoms with Crippen LogP contribution < -0.4 is 0 Å². The lowest BCUT2D eigenvalue weighted by Crippen LogP contribution is -2.49. The largest absolute Gasteiger partial charge is 0.381 e. The molecule has 2 aliphatic rings. The molecule has 25 heavy (non-hydrogen) atoms. The molecule has 0 aliphatic carbocycles. The van der Waals surface area contributed by atoms with Crippen molar-refractivity contribution in [2.24, 2.45) is 0 Å². The zero-order valence-electron chi connectivity index (χ0n) is 15.1. The fraction of sp³-hybridized carbons (Fsp3) is 0.650. The summed E-state index contributed by atoms with van der Waals surface area (Å²) in [6, 6.07) is 6.30. The zero-order chi connectivity index (χ0) is 17.6. The van der Waals surface area contributed by atoms with E-state index in [0.717, 1.165) is 64.7 Å². The minimum atomic E-state index is -0.348. The molecule has 2 aliphatic heterocycles. The average molecular weight is 348 g/mol. The second-order valence-corrected chi connectivity index (χ2v) is 7.25. The number of amides is 1. The Labute approximate surface area is 149 Å². The molecule has 5 heteroatoms. The number of ether oxygens (including phenoxy) is 1. The Morgan fingerprint density at radius 2 is 1.96 bits per heavy atom. The SMILES string of the molecule is COC1CCN(CC2CCCCCN2C(=O)c2cccc(F)c2)CC1. The van der Waals surface area contributed by atoms with Crippen LogP contribution in [0.3, 0.4) is 0 Å². The first-order chi connectivity index (χ1) is 12.2. The van der Waals surface area contributed by atoms with Gasteiger partial charge in [-0.3, -0.25) is 4.79 Å². The van der Waals surface area contributed by atoms with Gasteiger partial charge in [0.2, 0.25) is 0 Å². The van der Waals surface area contributed by atoms with Crippen LogP contribution in [-0.2, 0) is 4.74 Å². The summed E-state index contributed by atoms with van der Waals surface area (Å²) >= 11 is 0. The summed E-state index contributed by atoms with van der Waals surface area (Å²) in [5, 5.41) is 0. The molecule has 1 atom stereocenters. The van der Waals surface area contributed by atoms with Crippen LogP contribution in [0.4, 0.5) is 4.39 Å². The Balaban J connectivity index is 1.68. The number of methoxy groups -OCH3 is 1. The summed E-state index contributed by atoms with van der Waals surface area (Å²) in [5.41, 5.74) is 0.463. The predicted octanol–water partition coefficient (Wildman–Crippen LogP) is 3.32. The zero-order valence-corrected chi connectivity index (χ0v) is 15.1. The molecule has 0 aromatic heterocycles. The standard InChI is InChI=1S/C20H29FN2O2/c1-25-19-9-12-22(13-10-19)15-18-8-3-2-4-11-23(18)20(24)16-6-5-7-17(21)14-16/h5-7,14,18-19H,2-4,8-13,15H2,1H3. The molecule has 0 radical (unpaired) electrons. The van der Waals surface area contributed by atoms with Crippen LogP contribution in [0, 0.1) is 5.82 Å². The molecule has 0 saturated carbocycles. The van der Waals surface area contributed by atoms with Crippen molar-refractivity contribution in [2.75, 3.05) is 33.3 Å². The number of rotatable bonds is 4. The molecule has 0 spiro atoms. The third-order valence-corrected chi connectivity index (χ3v) is 5.55. The monoisotopic (exact) mass is 348 g/mol. The number of hydrogen-bond donors (Lipinski definition) is 0. The first-order valence-corrected chi connectivity index (χ1v) is 9.49. The number of hydrogen-bond acceptors (Lipinski definition) is 3. The van der Waals surface area contributed by atoms with E-state index < -0.39 is 0 Å². The summed E-state index contributed by atoms with van der Waals surface area (Å²) in [7, 11) is 1.78. The summed E-state index contributed by atoms with van der Waals surface area (Å²) in [5.74, 6) is -0.378. The molecule has 2 fully saturated rings. The second-order valence-electron chi connectivity index (χ2n) is 7.25. The van der Waals surface area contributed by atoms with Crippen molar-refractivity contribution >= 4 is 5.91 Å². The number of nitrogens with zero attached hydrogens (tertiary/aromatic N) is 2. The molecule has 1 aromatic carbocycles. The van der Waals surface area contributed by atoms with Crippen molar-refractivity contribution in [1.82, 2.24) is 9.80 Å². The smallest absolute Gasteiger partial charge is 0.254 e. The van der Waals surface area contributed by atoms with Crippen molar-refractivity contribution in [3.8, 4) is 0 Å².